The van der Waals surface area contributed by atoms with Crippen LogP contribution in [0.5, 0.6) is 5.75 Å². The second-order valence-electron chi connectivity index (χ2n) is 6.15. The Morgan fingerprint density at radius 2 is 1.80 bits per heavy atom. The van der Waals surface area contributed by atoms with E-state index in [1.807, 2.05) is 31.2 Å². The van der Waals surface area contributed by atoms with Crippen LogP contribution in [0.1, 0.15) is 52.6 Å². The highest BCUT2D eigenvalue weighted by Gasteiger charge is 2.33. The predicted octanol–water partition coefficient (Wildman–Crippen LogP) is 3.93. The van der Waals surface area contributed by atoms with Gasteiger partial charge in [0.25, 0.3) is 0 Å². The van der Waals surface area contributed by atoms with Crippen molar-refractivity contribution in [3.63, 3.8) is 0 Å². The Hall–Kier alpha value is -1.06. The van der Waals surface area contributed by atoms with E-state index in [9.17, 15) is 0 Å². The van der Waals surface area contributed by atoms with E-state index in [1.54, 1.807) is 0 Å². The lowest BCUT2D eigenvalue weighted by Crippen LogP contribution is -2.39. The highest BCUT2D eigenvalue weighted by atomic mass is 16.5. The summed E-state index contributed by atoms with van der Waals surface area (Å²) in [6.07, 6.45) is 0.941. The fourth-order valence-electron chi connectivity index (χ4n) is 2.33. The van der Waals surface area contributed by atoms with Gasteiger partial charge < -0.3 is 15.2 Å². The highest BCUT2D eigenvalue weighted by Crippen LogP contribution is 2.35. The smallest absolute Gasteiger partial charge is 0.124 e. The van der Waals surface area contributed by atoms with E-state index in [-0.39, 0.29) is 17.6 Å². The largest absolute Gasteiger partial charge is 0.493 e. The van der Waals surface area contributed by atoms with Crippen LogP contribution in [-0.2, 0) is 4.74 Å². The van der Waals surface area contributed by atoms with Crippen molar-refractivity contribution in [3.8, 4) is 5.75 Å². The van der Waals surface area contributed by atoms with Gasteiger partial charge >= 0.3 is 0 Å². The molecule has 0 spiro atoms. The molecule has 1 aromatic rings. The van der Waals surface area contributed by atoms with Gasteiger partial charge in [0.15, 0.2) is 0 Å². The molecule has 0 amide bonds. The number of rotatable bonds is 7. The third kappa shape index (κ3) is 4.50. The molecule has 2 unspecified atom stereocenters. The number of hydrogen-bond acceptors (Lipinski definition) is 3. The van der Waals surface area contributed by atoms with E-state index >= 15 is 0 Å². The van der Waals surface area contributed by atoms with Crippen molar-refractivity contribution in [1.82, 2.24) is 0 Å². The van der Waals surface area contributed by atoms with Gasteiger partial charge in [-0.25, -0.2) is 0 Å². The molecule has 0 heterocycles. The van der Waals surface area contributed by atoms with Gasteiger partial charge in [-0.15, -0.1) is 0 Å². The molecule has 0 aliphatic heterocycles. The van der Waals surface area contributed by atoms with Gasteiger partial charge in [0.1, 0.15) is 5.75 Å². The topological polar surface area (TPSA) is 44.5 Å². The van der Waals surface area contributed by atoms with Gasteiger partial charge in [-0.05, 0) is 24.8 Å². The van der Waals surface area contributed by atoms with Gasteiger partial charge in [-0.1, -0.05) is 45.9 Å². The molecule has 0 bridgehead atoms. The molecule has 0 fully saturated rings. The Balaban J connectivity index is 3.02. The molecule has 2 N–H and O–H groups in total. The molecule has 0 saturated carbocycles. The maximum absolute atomic E-state index is 6.48. The fourth-order valence-corrected chi connectivity index (χ4v) is 2.33. The highest BCUT2D eigenvalue weighted by molar-refractivity contribution is 5.36. The van der Waals surface area contributed by atoms with Gasteiger partial charge in [-0.2, -0.15) is 0 Å². The van der Waals surface area contributed by atoms with Gasteiger partial charge in [0.05, 0.1) is 18.8 Å². The molecular formula is C17H29NO2. The molecule has 3 heteroatoms. The number of nitrogens with two attached hydrogens (primary N) is 1. The normalized spacial score (nSPS) is 14.9. The van der Waals surface area contributed by atoms with E-state index in [4.69, 9.17) is 15.2 Å². The molecule has 2 atom stereocenters. The van der Waals surface area contributed by atoms with Crippen molar-refractivity contribution in [2.24, 2.45) is 11.1 Å². The van der Waals surface area contributed by atoms with Gasteiger partial charge in [-0.3, -0.25) is 0 Å². The molecule has 0 aromatic heterocycles. The zero-order chi connectivity index (χ0) is 15.2. The minimum atomic E-state index is -0.192. The molecule has 114 valence electrons. The third-order valence-electron chi connectivity index (χ3n) is 3.27. The van der Waals surface area contributed by atoms with Crippen LogP contribution in [0.25, 0.3) is 0 Å². The zero-order valence-electron chi connectivity index (χ0n) is 13.5. The van der Waals surface area contributed by atoms with Crippen molar-refractivity contribution in [1.29, 1.82) is 0 Å². The minimum Gasteiger partial charge on any atom is -0.493 e. The van der Waals surface area contributed by atoms with Crippen molar-refractivity contribution in [2.45, 2.75) is 53.2 Å². The lowest BCUT2D eigenvalue weighted by Gasteiger charge is -2.35. The third-order valence-corrected chi connectivity index (χ3v) is 3.27. The first-order valence-electron chi connectivity index (χ1n) is 7.50. The summed E-state index contributed by atoms with van der Waals surface area (Å²) < 4.78 is 11.7. The first kappa shape index (κ1) is 17.0. The summed E-state index contributed by atoms with van der Waals surface area (Å²) in [6, 6.07) is 7.81. The van der Waals surface area contributed by atoms with Crippen molar-refractivity contribution < 1.29 is 9.47 Å². The summed E-state index contributed by atoms with van der Waals surface area (Å²) in [5, 5.41) is 0. The number of hydrogen-bond donors (Lipinski definition) is 1. The molecule has 20 heavy (non-hydrogen) atoms. The van der Waals surface area contributed by atoms with E-state index in [0.29, 0.717) is 13.2 Å². The lowest BCUT2D eigenvalue weighted by molar-refractivity contribution is -0.0287. The minimum absolute atomic E-state index is 0.0205. The molecule has 0 radical (unpaired) electrons. The van der Waals surface area contributed by atoms with Crippen LogP contribution >= 0.6 is 0 Å². The SMILES string of the molecule is CCCOc1ccccc1C(N)C(OCC)C(C)(C)C. The second kappa shape index (κ2) is 7.65. The van der Waals surface area contributed by atoms with E-state index < -0.39 is 0 Å². The summed E-state index contributed by atoms with van der Waals surface area (Å²) >= 11 is 0. The van der Waals surface area contributed by atoms with Crippen LogP contribution in [0.2, 0.25) is 0 Å². The van der Waals surface area contributed by atoms with Crippen molar-refractivity contribution >= 4 is 0 Å². The molecule has 0 saturated heterocycles. The molecule has 3 nitrogen and oxygen atoms in total. The van der Waals surface area contributed by atoms with Crippen molar-refractivity contribution in [3.05, 3.63) is 29.8 Å². The first-order chi connectivity index (χ1) is 9.41. The molecular weight excluding hydrogens is 250 g/mol. The van der Waals surface area contributed by atoms with Crippen LogP contribution in [0.15, 0.2) is 24.3 Å². The number of benzene rings is 1. The fraction of sp³-hybridized carbons (Fsp3) is 0.647. The van der Waals surface area contributed by atoms with E-state index in [1.165, 1.54) is 0 Å². The average Bonchev–Trinajstić information content (AvgIpc) is 2.41. The maximum Gasteiger partial charge on any atom is 0.124 e. The van der Waals surface area contributed by atoms with E-state index in [0.717, 1.165) is 17.7 Å². The summed E-state index contributed by atoms with van der Waals surface area (Å²) in [6.45, 7) is 11.9. The average molecular weight is 279 g/mol. The molecule has 1 rings (SSSR count). The van der Waals surface area contributed by atoms with E-state index in [2.05, 4.69) is 27.7 Å². The monoisotopic (exact) mass is 279 g/mol. The maximum atomic E-state index is 6.48. The summed E-state index contributed by atoms with van der Waals surface area (Å²) in [5.41, 5.74) is 7.48. The Kier molecular flexibility index (Phi) is 6.50. The Morgan fingerprint density at radius 3 is 2.35 bits per heavy atom. The van der Waals surface area contributed by atoms with Gasteiger partial charge in [0, 0.05) is 12.2 Å². The Morgan fingerprint density at radius 1 is 1.15 bits per heavy atom. The van der Waals surface area contributed by atoms with Crippen molar-refractivity contribution in [2.75, 3.05) is 13.2 Å². The zero-order valence-corrected chi connectivity index (χ0v) is 13.5. The predicted molar refractivity (Wildman–Crippen MR) is 84.0 cm³/mol. The van der Waals surface area contributed by atoms with Crippen LogP contribution < -0.4 is 10.5 Å². The van der Waals surface area contributed by atoms with Crippen LogP contribution in [0.3, 0.4) is 0 Å². The summed E-state index contributed by atoms with van der Waals surface area (Å²) in [7, 11) is 0. The second-order valence-corrected chi connectivity index (χ2v) is 6.15. The molecule has 1 aromatic carbocycles. The van der Waals surface area contributed by atoms with Crippen LogP contribution in [0, 0.1) is 5.41 Å². The Bertz CT molecular complexity index is 398. The number of para-hydroxylation sites is 1. The Labute approximate surface area is 123 Å². The molecule has 0 aliphatic rings. The first-order valence-corrected chi connectivity index (χ1v) is 7.50. The van der Waals surface area contributed by atoms with Crippen LogP contribution in [0.4, 0.5) is 0 Å². The standard InChI is InChI=1S/C17H29NO2/c1-6-12-20-14-11-9-8-10-13(14)15(18)16(19-7-2)17(3,4)5/h8-11,15-16H,6-7,12,18H2,1-5H3. The lowest BCUT2D eigenvalue weighted by atomic mass is 9.82. The van der Waals surface area contributed by atoms with Crippen LogP contribution in [-0.4, -0.2) is 19.3 Å². The summed E-state index contributed by atoms with van der Waals surface area (Å²) in [5.74, 6) is 0.871. The molecule has 0 aliphatic carbocycles. The number of ether oxygens (including phenoxy) is 2. The summed E-state index contributed by atoms with van der Waals surface area (Å²) in [4.78, 5) is 0. The van der Waals surface area contributed by atoms with Gasteiger partial charge in [0.2, 0.25) is 0 Å². The quantitative estimate of drug-likeness (QED) is 0.822.